The molecule has 1 rings (SSSR count). The number of hydrogen-bond donors (Lipinski definition) is 1. The summed E-state index contributed by atoms with van der Waals surface area (Å²) in [5.41, 5.74) is 7.34. The molecule has 0 heterocycles. The van der Waals surface area contributed by atoms with Crippen LogP contribution in [0.3, 0.4) is 0 Å². The van der Waals surface area contributed by atoms with Gasteiger partial charge in [-0.15, -0.1) is 0 Å². The van der Waals surface area contributed by atoms with Crippen molar-refractivity contribution in [2.24, 2.45) is 11.7 Å². The molecule has 0 aliphatic rings. The molecule has 0 saturated heterocycles. The lowest BCUT2D eigenvalue weighted by atomic mass is 9.99. The smallest absolute Gasteiger partial charge is 0.0494 e. The molecule has 102 valence electrons. The van der Waals surface area contributed by atoms with Crippen LogP contribution < -0.4 is 5.73 Å². The Morgan fingerprint density at radius 3 is 2.44 bits per heavy atom. The summed E-state index contributed by atoms with van der Waals surface area (Å²) < 4.78 is 0. The van der Waals surface area contributed by atoms with Gasteiger partial charge >= 0.3 is 0 Å². The molecule has 18 heavy (non-hydrogen) atoms. The Morgan fingerprint density at radius 2 is 1.94 bits per heavy atom. The number of likely N-dealkylation sites (N-methyl/N-ethyl adjacent to an activating group) is 1. The number of nitrogens with zero attached hydrogens (tertiary/aromatic N) is 1. The summed E-state index contributed by atoms with van der Waals surface area (Å²) in [7, 11) is 2.14. The zero-order chi connectivity index (χ0) is 13.7. The summed E-state index contributed by atoms with van der Waals surface area (Å²) in [6, 6.07) is 8.32. The molecule has 1 aromatic rings. The van der Waals surface area contributed by atoms with Crippen molar-refractivity contribution in [3.8, 4) is 0 Å². The van der Waals surface area contributed by atoms with E-state index in [1.54, 1.807) is 0 Å². The Bertz CT molecular complexity index is 363. The number of hydrogen-bond acceptors (Lipinski definition) is 2. The topological polar surface area (TPSA) is 29.3 Å². The monoisotopic (exact) mass is 268 g/mol. The summed E-state index contributed by atoms with van der Waals surface area (Å²) in [6.07, 6.45) is 1.18. The molecule has 0 radical (unpaired) electrons. The first-order chi connectivity index (χ1) is 8.41. The predicted octanol–water partition coefficient (Wildman–Crippen LogP) is 3.71. The molecule has 2 nitrogen and oxygen atoms in total. The van der Waals surface area contributed by atoms with Gasteiger partial charge in [0.05, 0.1) is 0 Å². The average Bonchev–Trinajstić information content (AvgIpc) is 2.26. The Morgan fingerprint density at radius 1 is 1.28 bits per heavy atom. The standard InChI is InChI=1S/C15H25ClN2/c1-11(2)8-9-18(4)15(12(3)17)13-6-5-7-14(16)10-13/h5-7,10-12,15H,8-9,17H2,1-4H3. The fourth-order valence-electron chi connectivity index (χ4n) is 2.25. The van der Waals surface area contributed by atoms with Crippen LogP contribution in [0, 0.1) is 5.92 Å². The van der Waals surface area contributed by atoms with Gasteiger partial charge in [-0.2, -0.15) is 0 Å². The average molecular weight is 269 g/mol. The van der Waals surface area contributed by atoms with Gasteiger partial charge in [-0.05, 0) is 50.6 Å². The fourth-order valence-corrected chi connectivity index (χ4v) is 2.45. The Kier molecular flexibility index (Phi) is 6.13. The molecular weight excluding hydrogens is 244 g/mol. The molecule has 0 bridgehead atoms. The van der Waals surface area contributed by atoms with Gasteiger partial charge in [0.2, 0.25) is 0 Å². The Labute approximate surface area is 116 Å². The first-order valence-corrected chi connectivity index (χ1v) is 7.01. The van der Waals surface area contributed by atoms with Crippen molar-refractivity contribution in [1.29, 1.82) is 0 Å². The van der Waals surface area contributed by atoms with E-state index in [-0.39, 0.29) is 12.1 Å². The Balaban J connectivity index is 2.82. The first kappa shape index (κ1) is 15.5. The number of nitrogens with two attached hydrogens (primary N) is 1. The van der Waals surface area contributed by atoms with Crippen molar-refractivity contribution >= 4 is 11.6 Å². The van der Waals surface area contributed by atoms with Crippen molar-refractivity contribution < 1.29 is 0 Å². The first-order valence-electron chi connectivity index (χ1n) is 6.63. The Hall–Kier alpha value is -0.570. The van der Waals surface area contributed by atoms with E-state index in [0.717, 1.165) is 11.6 Å². The van der Waals surface area contributed by atoms with E-state index in [9.17, 15) is 0 Å². The molecule has 0 aromatic heterocycles. The lowest BCUT2D eigenvalue weighted by Gasteiger charge is -2.32. The molecule has 2 atom stereocenters. The van der Waals surface area contributed by atoms with E-state index in [1.807, 2.05) is 18.2 Å². The predicted molar refractivity (Wildman–Crippen MR) is 79.9 cm³/mol. The van der Waals surface area contributed by atoms with Gasteiger partial charge in [0.1, 0.15) is 0 Å². The molecular formula is C15H25ClN2. The number of rotatable bonds is 6. The van der Waals surface area contributed by atoms with Crippen LogP contribution in [0.1, 0.15) is 38.8 Å². The van der Waals surface area contributed by atoms with E-state index in [1.165, 1.54) is 12.0 Å². The van der Waals surface area contributed by atoms with Gasteiger partial charge in [-0.25, -0.2) is 0 Å². The quantitative estimate of drug-likeness (QED) is 0.852. The van der Waals surface area contributed by atoms with Crippen molar-refractivity contribution in [3.05, 3.63) is 34.9 Å². The summed E-state index contributed by atoms with van der Waals surface area (Å²) in [5, 5.41) is 0.774. The summed E-state index contributed by atoms with van der Waals surface area (Å²) in [6.45, 7) is 7.59. The van der Waals surface area contributed by atoms with Crippen LogP contribution in [0.25, 0.3) is 0 Å². The highest BCUT2D eigenvalue weighted by Crippen LogP contribution is 2.25. The molecule has 0 aliphatic carbocycles. The maximum absolute atomic E-state index is 6.14. The minimum atomic E-state index is 0.0839. The third-order valence-corrected chi connectivity index (χ3v) is 3.46. The van der Waals surface area contributed by atoms with Crippen molar-refractivity contribution in [2.45, 2.75) is 39.3 Å². The summed E-state index contributed by atoms with van der Waals surface area (Å²) >= 11 is 6.07. The highest BCUT2D eigenvalue weighted by molar-refractivity contribution is 6.30. The second kappa shape index (κ2) is 7.13. The van der Waals surface area contributed by atoms with Gasteiger partial charge in [-0.3, -0.25) is 4.90 Å². The zero-order valence-electron chi connectivity index (χ0n) is 11.9. The molecule has 2 N–H and O–H groups in total. The largest absolute Gasteiger partial charge is 0.326 e. The molecule has 1 aromatic carbocycles. The number of halogens is 1. The van der Waals surface area contributed by atoms with Gasteiger partial charge in [0.25, 0.3) is 0 Å². The van der Waals surface area contributed by atoms with E-state index >= 15 is 0 Å². The van der Waals surface area contributed by atoms with Crippen LogP contribution >= 0.6 is 11.6 Å². The van der Waals surface area contributed by atoms with Crippen molar-refractivity contribution in [1.82, 2.24) is 4.90 Å². The minimum absolute atomic E-state index is 0.0839. The van der Waals surface area contributed by atoms with Crippen molar-refractivity contribution in [2.75, 3.05) is 13.6 Å². The third kappa shape index (κ3) is 4.60. The maximum atomic E-state index is 6.14. The highest BCUT2D eigenvalue weighted by Gasteiger charge is 2.21. The van der Waals surface area contributed by atoms with Crippen LogP contribution in [-0.4, -0.2) is 24.5 Å². The van der Waals surface area contributed by atoms with Crippen molar-refractivity contribution in [3.63, 3.8) is 0 Å². The van der Waals surface area contributed by atoms with Crippen LogP contribution in [0.4, 0.5) is 0 Å². The summed E-state index contributed by atoms with van der Waals surface area (Å²) in [5.74, 6) is 0.709. The summed E-state index contributed by atoms with van der Waals surface area (Å²) in [4.78, 5) is 2.33. The van der Waals surface area contributed by atoms with Crippen LogP contribution in [0.2, 0.25) is 5.02 Å². The molecule has 2 unspecified atom stereocenters. The third-order valence-electron chi connectivity index (χ3n) is 3.22. The van der Waals surface area contributed by atoms with E-state index in [0.29, 0.717) is 5.92 Å². The highest BCUT2D eigenvalue weighted by atomic mass is 35.5. The van der Waals surface area contributed by atoms with Gasteiger partial charge in [-0.1, -0.05) is 37.6 Å². The lowest BCUT2D eigenvalue weighted by molar-refractivity contribution is 0.208. The molecule has 3 heteroatoms. The van der Waals surface area contributed by atoms with E-state index in [4.69, 9.17) is 17.3 Å². The van der Waals surface area contributed by atoms with E-state index < -0.39 is 0 Å². The fraction of sp³-hybridized carbons (Fsp3) is 0.600. The second-order valence-corrected chi connectivity index (χ2v) is 5.96. The zero-order valence-corrected chi connectivity index (χ0v) is 12.6. The minimum Gasteiger partial charge on any atom is -0.326 e. The van der Waals surface area contributed by atoms with E-state index in [2.05, 4.69) is 38.8 Å². The molecule has 0 spiro atoms. The van der Waals surface area contributed by atoms with Gasteiger partial charge < -0.3 is 5.73 Å². The van der Waals surface area contributed by atoms with Crippen LogP contribution in [0.5, 0.6) is 0 Å². The normalized spacial score (nSPS) is 15.1. The van der Waals surface area contributed by atoms with Gasteiger partial charge in [0, 0.05) is 17.1 Å². The number of benzene rings is 1. The van der Waals surface area contributed by atoms with Crippen LogP contribution in [-0.2, 0) is 0 Å². The SMILES string of the molecule is CC(C)CCN(C)C(c1cccc(Cl)c1)C(C)N. The van der Waals surface area contributed by atoms with Crippen LogP contribution in [0.15, 0.2) is 24.3 Å². The van der Waals surface area contributed by atoms with Gasteiger partial charge in [0.15, 0.2) is 0 Å². The molecule has 0 amide bonds. The second-order valence-electron chi connectivity index (χ2n) is 5.52. The molecule has 0 saturated carbocycles. The molecule has 0 fully saturated rings. The lowest BCUT2D eigenvalue weighted by Crippen LogP contribution is -2.38. The molecule has 0 aliphatic heterocycles. The maximum Gasteiger partial charge on any atom is 0.0494 e.